The molecule has 0 bridgehead atoms. The molecule has 0 unspecified atom stereocenters. The van der Waals surface area contributed by atoms with Crippen molar-refractivity contribution in [1.29, 1.82) is 0 Å². The highest BCUT2D eigenvalue weighted by Gasteiger charge is 2.48. The van der Waals surface area contributed by atoms with Gasteiger partial charge in [-0.3, -0.25) is 4.90 Å². The second-order valence-electron chi connectivity index (χ2n) is 4.82. The summed E-state index contributed by atoms with van der Waals surface area (Å²) in [5.41, 5.74) is -1.97. The Labute approximate surface area is 129 Å². The molecule has 9 heteroatoms. The summed E-state index contributed by atoms with van der Waals surface area (Å²) in [6.45, 7) is 0.744. The van der Waals surface area contributed by atoms with Crippen molar-refractivity contribution >= 4 is 12.4 Å². The monoisotopic (exact) mass is 348 g/mol. The van der Waals surface area contributed by atoms with E-state index in [-0.39, 0.29) is 25.5 Å². The summed E-state index contributed by atoms with van der Waals surface area (Å²) in [6.07, 6.45) is -9.58. The maximum atomic E-state index is 13.3. The first-order valence-corrected chi connectivity index (χ1v) is 6.39. The van der Waals surface area contributed by atoms with Gasteiger partial charge in [-0.2, -0.15) is 26.3 Å². The lowest BCUT2D eigenvalue weighted by molar-refractivity contribution is -0.190. The predicted molar refractivity (Wildman–Crippen MR) is 71.9 cm³/mol. The number of piperazine rings is 1. The van der Waals surface area contributed by atoms with E-state index in [1.165, 1.54) is 6.07 Å². The molecule has 2 nitrogen and oxygen atoms in total. The summed E-state index contributed by atoms with van der Waals surface area (Å²) in [5.74, 6) is 0. The summed E-state index contributed by atoms with van der Waals surface area (Å²) < 4.78 is 78.9. The summed E-state index contributed by atoms with van der Waals surface area (Å²) >= 11 is 0. The molecule has 126 valence electrons. The van der Waals surface area contributed by atoms with E-state index in [0.717, 1.165) is 17.0 Å². The molecule has 1 fully saturated rings. The van der Waals surface area contributed by atoms with E-state index < -0.39 is 29.5 Å². The Kier molecular flexibility index (Phi) is 6.11. The quantitative estimate of drug-likeness (QED) is 0.821. The fourth-order valence-electron chi connectivity index (χ4n) is 2.51. The third-order valence-corrected chi connectivity index (χ3v) is 3.39. The first-order valence-electron chi connectivity index (χ1n) is 6.39. The van der Waals surface area contributed by atoms with Gasteiger partial charge in [0.15, 0.2) is 0 Å². The van der Waals surface area contributed by atoms with Crippen LogP contribution in [0.4, 0.5) is 26.3 Å². The number of alkyl halides is 6. The molecule has 1 aliphatic heterocycles. The molecule has 0 radical (unpaired) electrons. The molecule has 1 aromatic rings. The fourth-order valence-corrected chi connectivity index (χ4v) is 2.51. The zero-order valence-corrected chi connectivity index (χ0v) is 12.2. The van der Waals surface area contributed by atoms with Crippen LogP contribution >= 0.6 is 12.4 Å². The van der Waals surface area contributed by atoms with Crippen LogP contribution < -0.4 is 5.32 Å². The SMILES string of the molecule is Cl.FC(F)(F)c1ccccc1[C@@H](N1CCNCC1)C(F)(F)F. The van der Waals surface area contributed by atoms with E-state index in [2.05, 4.69) is 5.32 Å². The standard InChI is InChI=1S/C13H14F6N2.ClH/c14-12(15,16)10-4-2-1-3-9(10)11(13(17,18)19)21-7-5-20-6-8-21;/h1-4,11,20H,5-8H2;1H/t11-;/m1./s1. The molecular formula is C13H15ClF6N2. The zero-order valence-electron chi connectivity index (χ0n) is 11.3. The minimum absolute atomic E-state index is 0. The van der Waals surface area contributed by atoms with Crippen LogP contribution in [0.3, 0.4) is 0 Å². The average molecular weight is 349 g/mol. The second-order valence-corrected chi connectivity index (χ2v) is 4.82. The lowest BCUT2D eigenvalue weighted by Crippen LogP contribution is -2.49. The van der Waals surface area contributed by atoms with Gasteiger partial charge in [-0.15, -0.1) is 12.4 Å². The zero-order chi connectivity index (χ0) is 15.7. The first-order chi connectivity index (χ1) is 9.71. The number of nitrogens with one attached hydrogen (secondary N) is 1. The van der Waals surface area contributed by atoms with Gasteiger partial charge >= 0.3 is 12.4 Å². The molecule has 1 aliphatic rings. The minimum Gasteiger partial charge on any atom is -0.314 e. The van der Waals surface area contributed by atoms with Gasteiger partial charge in [-0.25, -0.2) is 0 Å². The molecule has 0 aromatic heterocycles. The molecule has 1 aromatic carbocycles. The van der Waals surface area contributed by atoms with Crippen molar-refractivity contribution < 1.29 is 26.3 Å². The first kappa shape index (κ1) is 19.1. The van der Waals surface area contributed by atoms with Crippen LogP contribution in [0.2, 0.25) is 0 Å². The smallest absolute Gasteiger partial charge is 0.314 e. The molecule has 0 amide bonds. The van der Waals surface area contributed by atoms with E-state index in [1.807, 2.05) is 0 Å². The number of hydrogen-bond donors (Lipinski definition) is 1. The highest BCUT2D eigenvalue weighted by molar-refractivity contribution is 5.85. The lowest BCUT2D eigenvalue weighted by Gasteiger charge is -2.37. The number of benzene rings is 1. The third-order valence-electron chi connectivity index (χ3n) is 3.39. The predicted octanol–water partition coefficient (Wildman–Crippen LogP) is 3.64. The van der Waals surface area contributed by atoms with E-state index in [1.54, 1.807) is 0 Å². The largest absolute Gasteiger partial charge is 0.416 e. The normalized spacial score (nSPS) is 18.6. The fraction of sp³-hybridized carbons (Fsp3) is 0.538. The van der Waals surface area contributed by atoms with Crippen molar-refractivity contribution in [2.75, 3.05) is 26.2 Å². The van der Waals surface area contributed by atoms with E-state index >= 15 is 0 Å². The molecule has 1 heterocycles. The van der Waals surface area contributed by atoms with Crippen molar-refractivity contribution in [3.8, 4) is 0 Å². The lowest BCUT2D eigenvalue weighted by atomic mass is 9.97. The minimum atomic E-state index is -4.81. The molecule has 0 spiro atoms. The van der Waals surface area contributed by atoms with Gasteiger partial charge < -0.3 is 5.32 Å². The summed E-state index contributed by atoms with van der Waals surface area (Å²) in [4.78, 5) is 1.04. The number of hydrogen-bond acceptors (Lipinski definition) is 2. The Morgan fingerprint density at radius 1 is 0.955 bits per heavy atom. The van der Waals surface area contributed by atoms with Gasteiger partial charge in [0.1, 0.15) is 6.04 Å². The third kappa shape index (κ3) is 4.27. The van der Waals surface area contributed by atoms with E-state index in [0.29, 0.717) is 19.2 Å². The number of rotatable bonds is 2. The molecule has 0 saturated carbocycles. The molecule has 1 N–H and O–H groups in total. The Hall–Kier alpha value is -0.990. The van der Waals surface area contributed by atoms with Gasteiger partial charge in [0.05, 0.1) is 5.56 Å². The van der Waals surface area contributed by atoms with Crippen molar-refractivity contribution in [3.63, 3.8) is 0 Å². The van der Waals surface area contributed by atoms with Gasteiger partial charge in [0.25, 0.3) is 0 Å². The van der Waals surface area contributed by atoms with Crippen molar-refractivity contribution in [2.24, 2.45) is 0 Å². The molecule has 1 atom stereocenters. The Bertz CT molecular complexity index is 482. The molecule has 2 rings (SSSR count). The average Bonchev–Trinajstić information content (AvgIpc) is 2.38. The van der Waals surface area contributed by atoms with E-state index in [9.17, 15) is 26.3 Å². The summed E-state index contributed by atoms with van der Waals surface area (Å²) in [6, 6.07) is 1.65. The Balaban J connectivity index is 0.00000242. The summed E-state index contributed by atoms with van der Waals surface area (Å²) in [7, 11) is 0. The van der Waals surface area contributed by atoms with Crippen LogP contribution in [-0.4, -0.2) is 37.3 Å². The van der Waals surface area contributed by atoms with Gasteiger partial charge in [0, 0.05) is 26.2 Å². The van der Waals surface area contributed by atoms with Crippen molar-refractivity contribution in [1.82, 2.24) is 10.2 Å². The highest BCUT2D eigenvalue weighted by atomic mass is 35.5. The highest BCUT2D eigenvalue weighted by Crippen LogP contribution is 2.43. The van der Waals surface area contributed by atoms with Crippen LogP contribution in [-0.2, 0) is 6.18 Å². The van der Waals surface area contributed by atoms with E-state index in [4.69, 9.17) is 0 Å². The molecular weight excluding hydrogens is 334 g/mol. The Morgan fingerprint density at radius 2 is 1.50 bits per heavy atom. The number of halogens is 7. The summed E-state index contributed by atoms with van der Waals surface area (Å²) in [5, 5.41) is 2.89. The van der Waals surface area contributed by atoms with Crippen LogP contribution in [0, 0.1) is 0 Å². The number of nitrogens with zero attached hydrogens (tertiary/aromatic N) is 1. The van der Waals surface area contributed by atoms with Gasteiger partial charge in [-0.1, -0.05) is 18.2 Å². The molecule has 0 aliphatic carbocycles. The van der Waals surface area contributed by atoms with Crippen molar-refractivity contribution in [2.45, 2.75) is 18.4 Å². The Morgan fingerprint density at radius 3 is 2.00 bits per heavy atom. The maximum absolute atomic E-state index is 13.3. The van der Waals surface area contributed by atoms with Crippen LogP contribution in [0.25, 0.3) is 0 Å². The van der Waals surface area contributed by atoms with Crippen molar-refractivity contribution in [3.05, 3.63) is 35.4 Å². The maximum Gasteiger partial charge on any atom is 0.416 e. The van der Waals surface area contributed by atoms with Gasteiger partial charge in [0.2, 0.25) is 0 Å². The molecule has 22 heavy (non-hydrogen) atoms. The van der Waals surface area contributed by atoms with Crippen LogP contribution in [0.5, 0.6) is 0 Å². The van der Waals surface area contributed by atoms with Gasteiger partial charge in [-0.05, 0) is 11.6 Å². The second kappa shape index (κ2) is 7.06. The molecule has 1 saturated heterocycles. The van der Waals surface area contributed by atoms with Crippen LogP contribution in [0.15, 0.2) is 24.3 Å². The van der Waals surface area contributed by atoms with Crippen LogP contribution in [0.1, 0.15) is 17.2 Å². The topological polar surface area (TPSA) is 15.3 Å².